The number of aliphatic hydroxyl groups excluding tert-OH is 1. The lowest BCUT2D eigenvalue weighted by atomic mass is 10.1. The van der Waals surface area contributed by atoms with Gasteiger partial charge in [0, 0.05) is 11.1 Å². The lowest BCUT2D eigenvalue weighted by Gasteiger charge is -2.15. The van der Waals surface area contributed by atoms with Crippen molar-refractivity contribution in [3.8, 4) is 0 Å². The second kappa shape index (κ2) is 6.89. The summed E-state index contributed by atoms with van der Waals surface area (Å²) in [5, 5.41) is 13.6. The SMILES string of the molecule is CCC(O)CCNC(C)c1ccc(Cl)cc1. The zero-order chi connectivity index (χ0) is 12.0. The average Bonchev–Trinajstić information content (AvgIpc) is 2.29. The van der Waals surface area contributed by atoms with Gasteiger partial charge in [-0.1, -0.05) is 30.7 Å². The first-order chi connectivity index (χ1) is 7.63. The Kier molecular flexibility index (Phi) is 5.81. The lowest BCUT2D eigenvalue weighted by Crippen LogP contribution is -2.23. The van der Waals surface area contributed by atoms with Gasteiger partial charge in [-0.25, -0.2) is 0 Å². The van der Waals surface area contributed by atoms with Crippen molar-refractivity contribution in [2.75, 3.05) is 6.54 Å². The molecule has 1 aromatic carbocycles. The highest BCUT2D eigenvalue weighted by atomic mass is 35.5. The molecule has 0 aliphatic heterocycles. The second-order valence-corrected chi connectivity index (χ2v) is 4.51. The smallest absolute Gasteiger partial charge is 0.0549 e. The van der Waals surface area contributed by atoms with Gasteiger partial charge in [0.25, 0.3) is 0 Å². The van der Waals surface area contributed by atoms with Gasteiger partial charge in [-0.3, -0.25) is 0 Å². The number of rotatable bonds is 6. The highest BCUT2D eigenvalue weighted by molar-refractivity contribution is 6.30. The number of nitrogens with one attached hydrogen (secondary N) is 1. The van der Waals surface area contributed by atoms with Crippen molar-refractivity contribution in [3.63, 3.8) is 0 Å². The summed E-state index contributed by atoms with van der Waals surface area (Å²) in [4.78, 5) is 0. The molecule has 0 amide bonds. The van der Waals surface area contributed by atoms with Gasteiger partial charge in [-0.2, -0.15) is 0 Å². The Morgan fingerprint density at radius 2 is 1.94 bits per heavy atom. The molecule has 2 unspecified atom stereocenters. The maximum atomic E-state index is 9.42. The summed E-state index contributed by atoms with van der Waals surface area (Å²) in [6.45, 7) is 4.94. The fraction of sp³-hybridized carbons (Fsp3) is 0.538. The Labute approximate surface area is 103 Å². The van der Waals surface area contributed by atoms with E-state index in [2.05, 4.69) is 12.2 Å². The van der Waals surface area contributed by atoms with Crippen LogP contribution in [0.25, 0.3) is 0 Å². The van der Waals surface area contributed by atoms with Gasteiger partial charge in [-0.05, 0) is 44.0 Å². The Morgan fingerprint density at radius 1 is 1.31 bits per heavy atom. The van der Waals surface area contributed by atoms with E-state index in [0.717, 1.165) is 24.4 Å². The van der Waals surface area contributed by atoms with Gasteiger partial charge in [0.15, 0.2) is 0 Å². The summed E-state index contributed by atoms with van der Waals surface area (Å²) in [7, 11) is 0. The predicted molar refractivity (Wildman–Crippen MR) is 68.8 cm³/mol. The van der Waals surface area contributed by atoms with Crippen molar-refractivity contribution in [3.05, 3.63) is 34.9 Å². The molecule has 0 saturated heterocycles. The first-order valence-electron chi connectivity index (χ1n) is 5.80. The third-order valence-electron chi connectivity index (χ3n) is 2.77. The average molecular weight is 242 g/mol. The van der Waals surface area contributed by atoms with E-state index < -0.39 is 0 Å². The molecule has 0 bridgehead atoms. The van der Waals surface area contributed by atoms with Crippen LogP contribution in [-0.4, -0.2) is 17.8 Å². The molecule has 2 N–H and O–H groups in total. The van der Waals surface area contributed by atoms with E-state index >= 15 is 0 Å². The summed E-state index contributed by atoms with van der Waals surface area (Å²) in [6, 6.07) is 8.14. The summed E-state index contributed by atoms with van der Waals surface area (Å²) < 4.78 is 0. The quantitative estimate of drug-likeness (QED) is 0.802. The summed E-state index contributed by atoms with van der Waals surface area (Å²) in [5.74, 6) is 0. The molecule has 0 fully saturated rings. The maximum absolute atomic E-state index is 9.42. The van der Waals surface area contributed by atoms with Gasteiger partial charge in [0.1, 0.15) is 0 Å². The Balaban J connectivity index is 2.35. The zero-order valence-corrected chi connectivity index (χ0v) is 10.7. The van der Waals surface area contributed by atoms with E-state index in [0.29, 0.717) is 6.04 Å². The first kappa shape index (κ1) is 13.5. The minimum Gasteiger partial charge on any atom is -0.393 e. The van der Waals surface area contributed by atoms with Crippen LogP contribution in [0.5, 0.6) is 0 Å². The number of benzene rings is 1. The fourth-order valence-electron chi connectivity index (χ4n) is 1.54. The standard InChI is InChI=1S/C13H20ClNO/c1-3-13(16)8-9-15-10(2)11-4-6-12(14)7-5-11/h4-7,10,13,15-16H,3,8-9H2,1-2H3. The first-order valence-corrected chi connectivity index (χ1v) is 6.18. The summed E-state index contributed by atoms with van der Waals surface area (Å²) >= 11 is 5.83. The fourth-order valence-corrected chi connectivity index (χ4v) is 1.67. The van der Waals surface area contributed by atoms with E-state index in [1.165, 1.54) is 5.56 Å². The zero-order valence-electron chi connectivity index (χ0n) is 9.91. The molecular weight excluding hydrogens is 222 g/mol. The molecule has 0 aliphatic rings. The van der Waals surface area contributed by atoms with Crippen molar-refractivity contribution in [1.82, 2.24) is 5.32 Å². The van der Waals surface area contributed by atoms with E-state index in [9.17, 15) is 5.11 Å². The highest BCUT2D eigenvalue weighted by Gasteiger charge is 2.05. The molecule has 3 heteroatoms. The Hall–Kier alpha value is -0.570. The van der Waals surface area contributed by atoms with Crippen LogP contribution in [0.1, 0.15) is 38.3 Å². The maximum Gasteiger partial charge on any atom is 0.0549 e. The van der Waals surface area contributed by atoms with E-state index in [4.69, 9.17) is 11.6 Å². The molecule has 2 atom stereocenters. The van der Waals surface area contributed by atoms with Gasteiger partial charge in [-0.15, -0.1) is 0 Å². The minimum absolute atomic E-state index is 0.190. The van der Waals surface area contributed by atoms with E-state index in [1.807, 2.05) is 31.2 Å². The topological polar surface area (TPSA) is 32.3 Å². The highest BCUT2D eigenvalue weighted by Crippen LogP contribution is 2.15. The number of hydrogen-bond donors (Lipinski definition) is 2. The van der Waals surface area contributed by atoms with Crippen LogP contribution >= 0.6 is 11.6 Å². The third kappa shape index (κ3) is 4.52. The van der Waals surface area contributed by atoms with Crippen LogP contribution < -0.4 is 5.32 Å². The molecule has 2 nitrogen and oxygen atoms in total. The number of hydrogen-bond acceptors (Lipinski definition) is 2. The van der Waals surface area contributed by atoms with Crippen molar-refractivity contribution in [2.24, 2.45) is 0 Å². The molecule has 0 aromatic heterocycles. The van der Waals surface area contributed by atoms with Crippen LogP contribution in [0.15, 0.2) is 24.3 Å². The lowest BCUT2D eigenvalue weighted by molar-refractivity contribution is 0.159. The minimum atomic E-state index is -0.190. The van der Waals surface area contributed by atoms with Crippen LogP contribution in [0.2, 0.25) is 5.02 Å². The molecule has 0 saturated carbocycles. The van der Waals surface area contributed by atoms with Crippen molar-refractivity contribution in [2.45, 2.75) is 38.8 Å². The molecular formula is C13H20ClNO. The monoisotopic (exact) mass is 241 g/mol. The number of aliphatic hydroxyl groups is 1. The normalized spacial score (nSPS) is 14.8. The predicted octanol–water partition coefficient (Wildman–Crippen LogP) is 3.15. The molecule has 1 rings (SSSR count). The second-order valence-electron chi connectivity index (χ2n) is 4.08. The van der Waals surface area contributed by atoms with Gasteiger partial charge < -0.3 is 10.4 Å². The van der Waals surface area contributed by atoms with Crippen LogP contribution in [-0.2, 0) is 0 Å². The Bertz CT molecular complexity index is 299. The molecule has 0 spiro atoms. The molecule has 1 aromatic rings. The number of halogens is 1. The Morgan fingerprint density at radius 3 is 2.50 bits per heavy atom. The molecule has 90 valence electrons. The molecule has 16 heavy (non-hydrogen) atoms. The van der Waals surface area contributed by atoms with E-state index in [1.54, 1.807) is 0 Å². The third-order valence-corrected chi connectivity index (χ3v) is 3.02. The van der Waals surface area contributed by atoms with Gasteiger partial charge in [0.2, 0.25) is 0 Å². The van der Waals surface area contributed by atoms with E-state index in [-0.39, 0.29) is 6.10 Å². The van der Waals surface area contributed by atoms with Crippen molar-refractivity contribution >= 4 is 11.6 Å². The largest absolute Gasteiger partial charge is 0.393 e. The van der Waals surface area contributed by atoms with Crippen molar-refractivity contribution in [1.29, 1.82) is 0 Å². The van der Waals surface area contributed by atoms with Gasteiger partial charge in [0.05, 0.1) is 6.10 Å². The molecule has 0 radical (unpaired) electrons. The van der Waals surface area contributed by atoms with Crippen LogP contribution in [0.3, 0.4) is 0 Å². The molecule has 0 aliphatic carbocycles. The van der Waals surface area contributed by atoms with Crippen LogP contribution in [0.4, 0.5) is 0 Å². The summed E-state index contributed by atoms with van der Waals surface area (Å²) in [5.41, 5.74) is 1.22. The van der Waals surface area contributed by atoms with Crippen LogP contribution in [0, 0.1) is 0 Å². The van der Waals surface area contributed by atoms with Gasteiger partial charge >= 0.3 is 0 Å². The molecule has 0 heterocycles. The summed E-state index contributed by atoms with van der Waals surface area (Å²) in [6.07, 6.45) is 1.43. The van der Waals surface area contributed by atoms with Crippen molar-refractivity contribution < 1.29 is 5.11 Å².